The molecule has 4 rings (SSSR count). The Balaban J connectivity index is 1.25. The van der Waals surface area contributed by atoms with Crippen LogP contribution < -0.4 is 0 Å². The number of hydrogen-bond donors (Lipinski definition) is 4. The smallest absolute Gasteiger partial charge is 0.148 e. The molecule has 0 bridgehead atoms. The van der Waals surface area contributed by atoms with E-state index in [1.165, 1.54) is 38.5 Å². The van der Waals surface area contributed by atoms with Crippen molar-refractivity contribution in [2.45, 2.75) is 71.1 Å². The summed E-state index contributed by atoms with van der Waals surface area (Å²) in [5.41, 5.74) is 5.29. The first kappa shape index (κ1) is 22.8. The molecule has 4 N–H and O–H groups in total. The van der Waals surface area contributed by atoms with E-state index in [0.29, 0.717) is 5.75 Å². The summed E-state index contributed by atoms with van der Waals surface area (Å²) in [5.74, 6) is 1.51. The highest BCUT2D eigenvalue weighted by Gasteiger charge is 2.15. The lowest BCUT2D eigenvalue weighted by Crippen LogP contribution is -1.91. The average Bonchev–Trinajstić information content (AvgIpc) is 3.45. The zero-order valence-corrected chi connectivity index (χ0v) is 19.3. The van der Waals surface area contributed by atoms with E-state index < -0.39 is 0 Å². The minimum Gasteiger partial charge on any atom is -0.508 e. The van der Waals surface area contributed by atoms with E-state index in [1.54, 1.807) is 18.2 Å². The predicted molar refractivity (Wildman–Crippen MR) is 130 cm³/mol. The quantitative estimate of drug-likeness (QED) is 0.200. The molecule has 0 aliphatic rings. The molecule has 2 heterocycles. The lowest BCUT2D eigenvalue weighted by molar-refractivity contribution is 0.467. The summed E-state index contributed by atoms with van der Waals surface area (Å²) in [6.07, 6.45) is 11.4. The number of nitrogens with zero attached hydrogens (tertiary/aromatic N) is 3. The van der Waals surface area contributed by atoms with Crippen molar-refractivity contribution < 1.29 is 10.2 Å². The van der Waals surface area contributed by atoms with Gasteiger partial charge in [0.25, 0.3) is 0 Å². The number of hydrogen-bond acceptors (Lipinski definition) is 5. The molecule has 0 atom stereocenters. The predicted octanol–water partition coefficient (Wildman–Crippen LogP) is 5.97. The van der Waals surface area contributed by atoms with Crippen LogP contribution in [0.2, 0.25) is 0 Å². The third-order valence-electron chi connectivity index (χ3n) is 6.43. The van der Waals surface area contributed by atoms with Crippen molar-refractivity contribution in [3.05, 3.63) is 53.3 Å². The van der Waals surface area contributed by atoms with Gasteiger partial charge in [0.05, 0.1) is 0 Å². The number of benzene rings is 2. The van der Waals surface area contributed by atoms with Crippen LogP contribution >= 0.6 is 0 Å². The largest absolute Gasteiger partial charge is 0.508 e. The molecule has 0 spiro atoms. The van der Waals surface area contributed by atoms with E-state index in [0.717, 1.165) is 64.8 Å². The fourth-order valence-corrected chi connectivity index (χ4v) is 4.63. The summed E-state index contributed by atoms with van der Waals surface area (Å²) >= 11 is 0. The number of aromatic hydroxyl groups is 2. The van der Waals surface area contributed by atoms with E-state index in [1.807, 2.05) is 18.2 Å². The van der Waals surface area contributed by atoms with Gasteiger partial charge < -0.3 is 15.2 Å². The van der Waals surface area contributed by atoms with Crippen molar-refractivity contribution in [1.82, 2.24) is 25.6 Å². The van der Waals surface area contributed by atoms with Crippen molar-refractivity contribution in [2.75, 3.05) is 0 Å². The first-order valence-electron chi connectivity index (χ1n) is 12.0. The van der Waals surface area contributed by atoms with Gasteiger partial charge in [-0.2, -0.15) is 0 Å². The van der Waals surface area contributed by atoms with Crippen LogP contribution in [0.3, 0.4) is 0 Å². The Hall–Kier alpha value is -3.35. The summed E-state index contributed by atoms with van der Waals surface area (Å²) in [4.78, 5) is 3.51. The van der Waals surface area contributed by atoms with Gasteiger partial charge in [-0.1, -0.05) is 38.5 Å². The lowest BCUT2D eigenvalue weighted by atomic mass is 9.97. The Morgan fingerprint density at radius 1 is 0.788 bits per heavy atom. The van der Waals surface area contributed by atoms with E-state index in [-0.39, 0.29) is 5.75 Å². The second-order valence-electron chi connectivity index (χ2n) is 8.83. The van der Waals surface area contributed by atoms with Gasteiger partial charge in [0.2, 0.25) is 0 Å². The van der Waals surface area contributed by atoms with E-state index in [9.17, 15) is 10.2 Å². The molecule has 7 heteroatoms. The van der Waals surface area contributed by atoms with Gasteiger partial charge in [0, 0.05) is 28.6 Å². The molecule has 0 saturated carbocycles. The maximum Gasteiger partial charge on any atom is 0.148 e. The molecule has 0 aliphatic heterocycles. The minimum atomic E-state index is 0.259. The molecule has 0 unspecified atom stereocenters. The molecule has 0 amide bonds. The second kappa shape index (κ2) is 11.0. The fraction of sp³-hybridized carbons (Fsp3) is 0.423. The topological polar surface area (TPSA) is 111 Å². The van der Waals surface area contributed by atoms with Gasteiger partial charge in [0.15, 0.2) is 0 Å². The van der Waals surface area contributed by atoms with Crippen molar-refractivity contribution >= 4 is 10.9 Å². The van der Waals surface area contributed by atoms with E-state index >= 15 is 0 Å². The number of aromatic nitrogens is 5. The van der Waals surface area contributed by atoms with Crippen molar-refractivity contribution in [3.63, 3.8) is 0 Å². The number of phenols is 2. The number of H-pyrrole nitrogens is 2. The van der Waals surface area contributed by atoms with Crippen LogP contribution in [0, 0.1) is 6.92 Å². The van der Waals surface area contributed by atoms with Gasteiger partial charge in [-0.25, -0.2) is 5.10 Å². The van der Waals surface area contributed by atoms with Crippen LogP contribution in [-0.4, -0.2) is 35.8 Å². The normalized spacial score (nSPS) is 11.4. The zero-order chi connectivity index (χ0) is 23.0. The van der Waals surface area contributed by atoms with Gasteiger partial charge in [-0.05, 0) is 84.1 Å². The van der Waals surface area contributed by atoms with Crippen LogP contribution in [-0.2, 0) is 12.8 Å². The maximum atomic E-state index is 10.6. The molecule has 0 fully saturated rings. The Bertz CT molecular complexity index is 1150. The Labute approximate surface area is 194 Å². The Kier molecular flexibility index (Phi) is 7.60. The molecule has 0 radical (unpaired) electrons. The zero-order valence-electron chi connectivity index (χ0n) is 19.3. The number of aromatic amines is 2. The summed E-state index contributed by atoms with van der Waals surface area (Å²) in [6.45, 7) is 2.10. The van der Waals surface area contributed by atoms with Crippen molar-refractivity contribution in [3.8, 4) is 22.8 Å². The van der Waals surface area contributed by atoms with Crippen LogP contribution in [0.4, 0.5) is 0 Å². The number of tetrazole rings is 1. The molecule has 7 nitrogen and oxygen atoms in total. The van der Waals surface area contributed by atoms with Crippen LogP contribution in [0.15, 0.2) is 36.4 Å². The Morgan fingerprint density at radius 2 is 1.45 bits per heavy atom. The maximum absolute atomic E-state index is 10.6. The molecule has 2 aromatic carbocycles. The summed E-state index contributed by atoms with van der Waals surface area (Å²) in [7, 11) is 0. The van der Waals surface area contributed by atoms with Gasteiger partial charge in [0.1, 0.15) is 17.3 Å². The van der Waals surface area contributed by atoms with Crippen molar-refractivity contribution in [2.24, 2.45) is 0 Å². The number of aryl methyl sites for hydroxylation is 3. The molecule has 4 aromatic rings. The van der Waals surface area contributed by atoms with Gasteiger partial charge in [-0.15, -0.1) is 5.10 Å². The molecule has 174 valence electrons. The highest BCUT2D eigenvalue weighted by Crippen LogP contribution is 2.36. The molecule has 2 aromatic heterocycles. The number of unbranched alkanes of at least 4 members (excludes halogenated alkanes) is 7. The monoisotopic (exact) mass is 447 g/mol. The number of phenolic OH excluding ortho intramolecular Hbond substituents is 2. The Morgan fingerprint density at radius 3 is 2.12 bits per heavy atom. The van der Waals surface area contributed by atoms with Crippen LogP contribution in [0.1, 0.15) is 68.3 Å². The number of nitrogens with one attached hydrogen (secondary N) is 2. The molecular formula is C26H33N5O2. The second-order valence-corrected chi connectivity index (χ2v) is 8.83. The third kappa shape index (κ3) is 5.72. The highest BCUT2D eigenvalue weighted by molar-refractivity contribution is 5.94. The number of rotatable bonds is 12. The lowest BCUT2D eigenvalue weighted by Gasteiger charge is -2.08. The van der Waals surface area contributed by atoms with Gasteiger partial charge in [-0.3, -0.25) is 0 Å². The fourth-order valence-electron chi connectivity index (χ4n) is 4.63. The molecular weight excluding hydrogens is 414 g/mol. The third-order valence-corrected chi connectivity index (χ3v) is 6.43. The summed E-state index contributed by atoms with van der Waals surface area (Å²) < 4.78 is 0. The molecule has 0 saturated heterocycles. The standard InChI is InChI=1S/C26H33N5O2/c1-18-25-21(10-8-6-4-2-3-5-7-9-11-24-28-30-31-29-24)23(33)17-16-22(25)27-26(18)19-12-14-20(32)15-13-19/h12-17,27,32-33H,2-11H2,1H3,(H,28,29,30,31). The summed E-state index contributed by atoms with van der Waals surface area (Å²) in [6, 6.07) is 11.0. The van der Waals surface area contributed by atoms with Crippen LogP contribution in [0.25, 0.3) is 22.2 Å². The van der Waals surface area contributed by atoms with E-state index in [4.69, 9.17) is 0 Å². The molecule has 0 aliphatic carbocycles. The number of fused-ring (bicyclic) bond motifs is 1. The average molecular weight is 448 g/mol. The highest BCUT2D eigenvalue weighted by atomic mass is 16.3. The van der Waals surface area contributed by atoms with Gasteiger partial charge >= 0.3 is 0 Å². The SMILES string of the molecule is Cc1c(-c2ccc(O)cc2)[nH]c2ccc(O)c(CCCCCCCCCCc3nnn[nH]3)c12. The van der Waals surface area contributed by atoms with Crippen molar-refractivity contribution in [1.29, 1.82) is 0 Å². The van der Waals surface area contributed by atoms with E-state index in [2.05, 4.69) is 32.5 Å². The first-order chi connectivity index (χ1) is 16.1. The minimum absolute atomic E-state index is 0.259. The van der Waals surface area contributed by atoms with Crippen LogP contribution in [0.5, 0.6) is 11.5 Å². The molecule has 33 heavy (non-hydrogen) atoms. The first-order valence-corrected chi connectivity index (χ1v) is 12.0. The summed E-state index contributed by atoms with van der Waals surface area (Å²) in [5, 5.41) is 35.2.